The molecular formula is C23H31N7O. The van der Waals surface area contributed by atoms with E-state index in [0.717, 1.165) is 80.7 Å². The van der Waals surface area contributed by atoms with Crippen molar-refractivity contribution in [2.45, 2.75) is 44.4 Å². The normalized spacial score (nSPS) is 23.4. The molecule has 0 bridgehead atoms. The van der Waals surface area contributed by atoms with Crippen molar-refractivity contribution >= 4 is 17.0 Å². The van der Waals surface area contributed by atoms with E-state index in [0.29, 0.717) is 0 Å². The molecule has 1 saturated carbocycles. The Hall–Kier alpha value is -2.55. The summed E-state index contributed by atoms with van der Waals surface area (Å²) in [5.41, 5.74) is 9.96. The number of likely N-dealkylation sites (N-methyl/N-ethyl adjacent to an activating group) is 1. The third-order valence-corrected chi connectivity index (χ3v) is 6.71. The Morgan fingerprint density at radius 3 is 2.45 bits per heavy atom. The number of aliphatic hydroxyl groups excluding tert-OH is 1. The molecule has 31 heavy (non-hydrogen) atoms. The number of piperazine rings is 1. The van der Waals surface area contributed by atoms with Crippen LogP contribution >= 0.6 is 0 Å². The number of nitrogens with zero attached hydrogens (tertiary/aromatic N) is 6. The van der Waals surface area contributed by atoms with E-state index in [1.165, 1.54) is 5.56 Å². The summed E-state index contributed by atoms with van der Waals surface area (Å²) in [5.74, 6) is 0.263. The molecular weight excluding hydrogens is 390 g/mol. The first-order valence-corrected chi connectivity index (χ1v) is 11.3. The second kappa shape index (κ2) is 8.53. The fourth-order valence-corrected chi connectivity index (χ4v) is 4.74. The second-order valence-electron chi connectivity index (χ2n) is 9.00. The fourth-order valence-electron chi connectivity index (χ4n) is 4.74. The predicted molar refractivity (Wildman–Crippen MR) is 121 cm³/mol. The van der Waals surface area contributed by atoms with Crippen LogP contribution in [0.1, 0.15) is 37.3 Å². The van der Waals surface area contributed by atoms with Crippen molar-refractivity contribution in [1.82, 2.24) is 29.5 Å². The molecule has 1 aliphatic heterocycles. The topological polar surface area (TPSA) is 96.3 Å². The lowest BCUT2D eigenvalue weighted by Crippen LogP contribution is -2.43. The van der Waals surface area contributed by atoms with Crippen LogP contribution in [0.15, 0.2) is 30.5 Å². The number of aliphatic hydroxyl groups is 1. The number of nitrogens with two attached hydrogens (primary N) is 1. The fraction of sp³-hybridized carbons (Fsp3) is 0.522. The van der Waals surface area contributed by atoms with Crippen molar-refractivity contribution in [2.75, 3.05) is 39.0 Å². The van der Waals surface area contributed by atoms with Crippen LogP contribution in [-0.2, 0) is 6.54 Å². The number of benzene rings is 1. The van der Waals surface area contributed by atoms with Crippen molar-refractivity contribution < 1.29 is 5.11 Å². The van der Waals surface area contributed by atoms with Gasteiger partial charge in [0.25, 0.3) is 0 Å². The molecule has 0 atom stereocenters. The molecule has 1 aromatic carbocycles. The van der Waals surface area contributed by atoms with Crippen LogP contribution in [0, 0.1) is 0 Å². The van der Waals surface area contributed by atoms with E-state index in [9.17, 15) is 5.11 Å². The van der Waals surface area contributed by atoms with Gasteiger partial charge in [-0.15, -0.1) is 0 Å². The summed E-state index contributed by atoms with van der Waals surface area (Å²) < 4.78 is 2.01. The van der Waals surface area contributed by atoms with E-state index >= 15 is 0 Å². The van der Waals surface area contributed by atoms with Crippen LogP contribution in [0.25, 0.3) is 22.3 Å². The predicted octanol–water partition coefficient (Wildman–Crippen LogP) is 2.30. The summed E-state index contributed by atoms with van der Waals surface area (Å²) in [7, 11) is 2.18. The summed E-state index contributed by atoms with van der Waals surface area (Å²) >= 11 is 0. The first-order valence-electron chi connectivity index (χ1n) is 11.3. The van der Waals surface area contributed by atoms with Gasteiger partial charge in [-0.05, 0) is 38.3 Å². The SMILES string of the molecule is CN1CCN(Cc2ccc(-c3nn([C@H]4CC[C@H](O)CC4)c4nc(N)ncc34)cc2)CC1. The van der Waals surface area contributed by atoms with Crippen molar-refractivity contribution in [3.05, 3.63) is 36.0 Å². The molecule has 2 aromatic heterocycles. The molecule has 8 nitrogen and oxygen atoms in total. The van der Waals surface area contributed by atoms with Crippen LogP contribution in [0.2, 0.25) is 0 Å². The summed E-state index contributed by atoms with van der Waals surface area (Å²) in [5, 5.41) is 15.8. The molecule has 164 valence electrons. The molecule has 0 amide bonds. The number of rotatable bonds is 4. The van der Waals surface area contributed by atoms with Crippen molar-refractivity contribution in [3.63, 3.8) is 0 Å². The van der Waals surface area contributed by atoms with Crippen molar-refractivity contribution in [1.29, 1.82) is 0 Å². The van der Waals surface area contributed by atoms with Crippen molar-refractivity contribution in [3.8, 4) is 11.3 Å². The highest BCUT2D eigenvalue weighted by molar-refractivity contribution is 5.91. The number of fused-ring (bicyclic) bond motifs is 1. The zero-order chi connectivity index (χ0) is 21.4. The Morgan fingerprint density at radius 1 is 1.03 bits per heavy atom. The van der Waals surface area contributed by atoms with Crippen LogP contribution in [-0.4, -0.2) is 74.0 Å². The average Bonchev–Trinajstić information content (AvgIpc) is 3.15. The Labute approximate surface area is 182 Å². The van der Waals surface area contributed by atoms with Crippen LogP contribution in [0.5, 0.6) is 0 Å². The summed E-state index contributed by atoms with van der Waals surface area (Å²) in [6.07, 6.45) is 4.96. The maximum absolute atomic E-state index is 9.89. The van der Waals surface area contributed by atoms with E-state index < -0.39 is 0 Å². The number of aromatic nitrogens is 4. The molecule has 2 fully saturated rings. The Morgan fingerprint density at radius 2 is 1.74 bits per heavy atom. The van der Waals surface area contributed by atoms with Gasteiger partial charge in [-0.25, -0.2) is 9.67 Å². The Bertz CT molecular complexity index is 1030. The molecule has 0 radical (unpaired) electrons. The lowest BCUT2D eigenvalue weighted by molar-refractivity contribution is 0.109. The highest BCUT2D eigenvalue weighted by Crippen LogP contribution is 2.34. The van der Waals surface area contributed by atoms with Crippen LogP contribution < -0.4 is 5.73 Å². The minimum atomic E-state index is -0.204. The molecule has 8 heteroatoms. The van der Waals surface area contributed by atoms with Gasteiger partial charge in [0, 0.05) is 44.5 Å². The molecule has 1 saturated heterocycles. The zero-order valence-corrected chi connectivity index (χ0v) is 18.1. The van der Waals surface area contributed by atoms with Gasteiger partial charge in [0.2, 0.25) is 5.95 Å². The molecule has 2 aliphatic rings. The minimum absolute atomic E-state index is 0.204. The lowest BCUT2D eigenvalue weighted by atomic mass is 9.93. The van der Waals surface area contributed by atoms with Crippen LogP contribution in [0.3, 0.4) is 0 Å². The van der Waals surface area contributed by atoms with E-state index in [2.05, 4.69) is 51.1 Å². The van der Waals surface area contributed by atoms with Gasteiger partial charge in [-0.3, -0.25) is 4.90 Å². The van der Waals surface area contributed by atoms with Gasteiger partial charge in [0.05, 0.1) is 17.5 Å². The van der Waals surface area contributed by atoms with Crippen molar-refractivity contribution in [2.24, 2.45) is 0 Å². The maximum Gasteiger partial charge on any atom is 0.222 e. The highest BCUT2D eigenvalue weighted by Gasteiger charge is 2.25. The molecule has 3 heterocycles. The standard InChI is InChI=1S/C23H31N7O/c1-28-10-12-29(13-11-28)15-16-2-4-17(5-3-16)21-20-14-25-23(24)26-22(20)30(27-21)18-6-8-19(31)9-7-18/h2-5,14,18-19,31H,6-13,15H2,1H3,(H2,24,25,26)/t18-,19-. The smallest absolute Gasteiger partial charge is 0.222 e. The average molecular weight is 422 g/mol. The second-order valence-corrected chi connectivity index (χ2v) is 9.00. The summed E-state index contributed by atoms with van der Waals surface area (Å²) in [6, 6.07) is 8.93. The van der Waals surface area contributed by atoms with E-state index in [4.69, 9.17) is 10.8 Å². The Kier molecular flexibility index (Phi) is 5.60. The molecule has 0 spiro atoms. The lowest BCUT2D eigenvalue weighted by Gasteiger charge is -2.32. The van der Waals surface area contributed by atoms with Gasteiger partial charge in [-0.1, -0.05) is 24.3 Å². The molecule has 3 aromatic rings. The largest absolute Gasteiger partial charge is 0.393 e. The van der Waals surface area contributed by atoms with Crippen LogP contribution in [0.4, 0.5) is 5.95 Å². The maximum atomic E-state index is 9.89. The van der Waals surface area contributed by atoms with Gasteiger partial charge in [0.15, 0.2) is 5.65 Å². The molecule has 0 unspecified atom stereocenters. The quantitative estimate of drug-likeness (QED) is 0.667. The molecule has 1 aliphatic carbocycles. The summed E-state index contributed by atoms with van der Waals surface area (Å²) in [6.45, 7) is 5.46. The summed E-state index contributed by atoms with van der Waals surface area (Å²) in [4.78, 5) is 13.6. The Balaban J connectivity index is 1.42. The zero-order valence-electron chi connectivity index (χ0n) is 18.1. The van der Waals surface area contributed by atoms with E-state index in [1.807, 2.05) is 4.68 Å². The highest BCUT2D eigenvalue weighted by atomic mass is 16.3. The molecule has 3 N–H and O–H groups in total. The monoisotopic (exact) mass is 421 g/mol. The van der Waals surface area contributed by atoms with E-state index in [-0.39, 0.29) is 18.1 Å². The number of nitrogen functional groups attached to an aromatic ring is 1. The number of anilines is 1. The van der Waals surface area contributed by atoms with Gasteiger partial charge < -0.3 is 15.7 Å². The van der Waals surface area contributed by atoms with Gasteiger partial charge >= 0.3 is 0 Å². The first-order chi connectivity index (χ1) is 15.1. The minimum Gasteiger partial charge on any atom is -0.393 e. The molecule has 5 rings (SSSR count). The first kappa shape index (κ1) is 20.4. The third kappa shape index (κ3) is 4.28. The van der Waals surface area contributed by atoms with Gasteiger partial charge in [-0.2, -0.15) is 10.1 Å². The van der Waals surface area contributed by atoms with Gasteiger partial charge in [0.1, 0.15) is 5.69 Å². The number of hydrogen-bond donors (Lipinski definition) is 2. The number of hydrogen-bond acceptors (Lipinski definition) is 7. The third-order valence-electron chi connectivity index (χ3n) is 6.71. The van der Waals surface area contributed by atoms with E-state index in [1.54, 1.807) is 6.20 Å².